The Hall–Kier alpha value is -2.24. The van der Waals surface area contributed by atoms with Crippen LogP contribution in [0.15, 0.2) is 48.8 Å². The second-order valence-corrected chi connectivity index (χ2v) is 5.92. The van der Waals surface area contributed by atoms with Crippen LogP contribution in [0, 0.1) is 0 Å². The van der Waals surface area contributed by atoms with E-state index in [2.05, 4.69) is 15.7 Å². The molecule has 0 fully saturated rings. The third-order valence-corrected chi connectivity index (χ3v) is 4.01. The quantitative estimate of drug-likeness (QED) is 0.738. The lowest BCUT2D eigenvalue weighted by molar-refractivity contribution is 0.247. The average molecular weight is 349 g/mol. The van der Waals surface area contributed by atoms with Crippen LogP contribution in [0.25, 0.3) is 11.0 Å². The van der Waals surface area contributed by atoms with Crippen LogP contribution in [-0.2, 0) is 0 Å². The minimum Gasteiger partial charge on any atom is -0.330 e. The predicted molar refractivity (Wildman–Crippen MR) is 92.5 cm³/mol. The van der Waals surface area contributed by atoms with E-state index in [1.54, 1.807) is 29.2 Å². The number of nitrogens with one attached hydrogen (secondary N) is 2. The van der Waals surface area contributed by atoms with E-state index in [0.29, 0.717) is 10.0 Å². The van der Waals surface area contributed by atoms with Gasteiger partial charge >= 0.3 is 6.03 Å². The van der Waals surface area contributed by atoms with Crippen molar-refractivity contribution in [3.8, 4) is 0 Å². The van der Waals surface area contributed by atoms with Gasteiger partial charge in [0.1, 0.15) is 6.33 Å². The number of urea groups is 1. The molecule has 2 N–H and O–H groups in total. The van der Waals surface area contributed by atoms with Gasteiger partial charge in [-0.1, -0.05) is 41.4 Å². The molecular formula is C16H14Cl2N4O. The van der Waals surface area contributed by atoms with Gasteiger partial charge in [-0.05, 0) is 36.8 Å². The minimum atomic E-state index is -0.355. The number of carbonyl (C=O) groups excluding carboxylic acids is 1. The van der Waals surface area contributed by atoms with Crippen molar-refractivity contribution >= 4 is 40.3 Å². The summed E-state index contributed by atoms with van der Waals surface area (Å²) in [6.07, 6.45) is 1.56. The van der Waals surface area contributed by atoms with Gasteiger partial charge in [-0.3, -0.25) is 0 Å². The summed E-state index contributed by atoms with van der Waals surface area (Å²) in [5, 5.41) is 3.90. The van der Waals surface area contributed by atoms with E-state index in [1.165, 1.54) is 0 Å². The summed E-state index contributed by atoms with van der Waals surface area (Å²) in [6.45, 7) is 1.85. The Balaban J connectivity index is 1.71. The molecule has 1 unspecified atom stereocenters. The molecular weight excluding hydrogens is 335 g/mol. The molecule has 118 valence electrons. The van der Waals surface area contributed by atoms with Gasteiger partial charge in [0.05, 0.1) is 17.1 Å². The smallest absolute Gasteiger partial charge is 0.330 e. The van der Waals surface area contributed by atoms with Crippen LogP contribution in [0.2, 0.25) is 10.0 Å². The number of rotatable bonds is 3. The second kappa shape index (κ2) is 6.48. The maximum Gasteiger partial charge on any atom is 0.334 e. The first-order valence-electron chi connectivity index (χ1n) is 6.99. The van der Waals surface area contributed by atoms with Crippen molar-refractivity contribution in [2.24, 2.45) is 0 Å². The summed E-state index contributed by atoms with van der Waals surface area (Å²) in [4.78, 5) is 16.4. The van der Waals surface area contributed by atoms with Crippen molar-refractivity contribution in [2.75, 3.05) is 5.43 Å². The van der Waals surface area contributed by atoms with Gasteiger partial charge in [-0.25, -0.2) is 19.9 Å². The molecule has 1 atom stereocenters. The molecule has 0 aliphatic heterocycles. The number of carbonyl (C=O) groups is 1. The normalized spacial score (nSPS) is 12.1. The highest BCUT2D eigenvalue weighted by Gasteiger charge is 2.13. The molecule has 7 heteroatoms. The van der Waals surface area contributed by atoms with Gasteiger partial charge in [-0.15, -0.1) is 0 Å². The van der Waals surface area contributed by atoms with E-state index in [4.69, 9.17) is 23.2 Å². The van der Waals surface area contributed by atoms with Crippen molar-refractivity contribution in [3.63, 3.8) is 0 Å². The molecule has 2 aromatic carbocycles. The number of para-hydroxylation sites is 2. The molecule has 0 aliphatic carbocycles. The Morgan fingerprint density at radius 2 is 2.00 bits per heavy atom. The largest absolute Gasteiger partial charge is 0.334 e. The van der Waals surface area contributed by atoms with Gasteiger partial charge in [0.15, 0.2) is 0 Å². The fourth-order valence-electron chi connectivity index (χ4n) is 2.32. The summed E-state index contributed by atoms with van der Waals surface area (Å²) in [7, 11) is 0. The molecule has 23 heavy (non-hydrogen) atoms. The molecule has 0 saturated carbocycles. The molecule has 1 aromatic heterocycles. The molecule has 3 rings (SSSR count). The Labute approximate surface area is 143 Å². The fraction of sp³-hybridized carbons (Fsp3) is 0.125. The van der Waals surface area contributed by atoms with Gasteiger partial charge in [0.2, 0.25) is 0 Å². The summed E-state index contributed by atoms with van der Waals surface area (Å²) < 4.78 is 1.57. The third kappa shape index (κ3) is 3.41. The zero-order valence-electron chi connectivity index (χ0n) is 12.3. The van der Waals surface area contributed by atoms with Crippen molar-refractivity contribution in [1.29, 1.82) is 0 Å². The fourth-order valence-corrected chi connectivity index (χ4v) is 2.89. The van der Waals surface area contributed by atoms with E-state index in [1.807, 2.05) is 31.2 Å². The summed E-state index contributed by atoms with van der Waals surface area (Å²) in [6, 6.07) is 12.1. The Morgan fingerprint density at radius 1 is 1.22 bits per heavy atom. The zero-order chi connectivity index (χ0) is 16.4. The molecule has 0 aliphatic rings. The Kier molecular flexibility index (Phi) is 4.41. The maximum absolute atomic E-state index is 12.2. The first-order valence-corrected chi connectivity index (χ1v) is 7.75. The number of halogens is 2. The first-order chi connectivity index (χ1) is 11.0. The minimum absolute atomic E-state index is 0.269. The van der Waals surface area contributed by atoms with Gasteiger partial charge < -0.3 is 5.32 Å². The summed E-state index contributed by atoms with van der Waals surface area (Å²) in [5.41, 5.74) is 5.15. The molecule has 1 heterocycles. The van der Waals surface area contributed by atoms with Gasteiger partial charge in [0, 0.05) is 10.0 Å². The summed E-state index contributed by atoms with van der Waals surface area (Å²) >= 11 is 12.0. The number of benzene rings is 2. The van der Waals surface area contributed by atoms with Crippen molar-refractivity contribution in [2.45, 2.75) is 13.0 Å². The van der Waals surface area contributed by atoms with Crippen LogP contribution in [-0.4, -0.2) is 15.7 Å². The number of fused-ring (bicyclic) bond motifs is 1. The van der Waals surface area contributed by atoms with Crippen LogP contribution >= 0.6 is 23.2 Å². The van der Waals surface area contributed by atoms with E-state index in [0.717, 1.165) is 16.6 Å². The van der Waals surface area contributed by atoms with Crippen molar-refractivity contribution < 1.29 is 4.79 Å². The number of nitrogens with zero attached hydrogens (tertiary/aromatic N) is 2. The number of hydrogen-bond acceptors (Lipinski definition) is 2. The molecule has 0 saturated heterocycles. The molecule has 0 bridgehead atoms. The Bertz CT molecular complexity index is 862. The van der Waals surface area contributed by atoms with Crippen LogP contribution in [0.1, 0.15) is 18.5 Å². The molecule has 0 spiro atoms. The first kappa shape index (κ1) is 15.6. The second-order valence-electron chi connectivity index (χ2n) is 5.08. The monoisotopic (exact) mass is 348 g/mol. The van der Waals surface area contributed by atoms with E-state index >= 15 is 0 Å². The molecule has 5 nitrogen and oxygen atoms in total. The topological polar surface area (TPSA) is 59.0 Å². The van der Waals surface area contributed by atoms with Crippen LogP contribution < -0.4 is 10.7 Å². The predicted octanol–water partition coefficient (Wildman–Crippen LogP) is 4.36. The lowest BCUT2D eigenvalue weighted by atomic mass is 10.1. The van der Waals surface area contributed by atoms with Gasteiger partial charge in [-0.2, -0.15) is 0 Å². The SMILES string of the molecule is CC(NC(=O)Nn1cnc2ccccc21)c1ccc(Cl)cc1Cl. The van der Waals surface area contributed by atoms with E-state index < -0.39 is 0 Å². The van der Waals surface area contributed by atoms with Crippen LogP contribution in [0.5, 0.6) is 0 Å². The highest BCUT2D eigenvalue weighted by molar-refractivity contribution is 6.35. The lowest BCUT2D eigenvalue weighted by Crippen LogP contribution is -2.35. The van der Waals surface area contributed by atoms with E-state index in [-0.39, 0.29) is 12.1 Å². The highest BCUT2D eigenvalue weighted by Crippen LogP contribution is 2.26. The maximum atomic E-state index is 12.2. The number of imidazole rings is 1. The van der Waals surface area contributed by atoms with E-state index in [9.17, 15) is 4.79 Å². The molecule has 2 amide bonds. The average Bonchev–Trinajstić information content (AvgIpc) is 2.90. The van der Waals surface area contributed by atoms with Gasteiger partial charge in [0.25, 0.3) is 0 Å². The molecule has 0 radical (unpaired) electrons. The van der Waals surface area contributed by atoms with Crippen molar-refractivity contribution in [1.82, 2.24) is 15.0 Å². The third-order valence-electron chi connectivity index (χ3n) is 3.45. The van der Waals surface area contributed by atoms with Crippen LogP contribution in [0.3, 0.4) is 0 Å². The summed E-state index contributed by atoms with van der Waals surface area (Å²) in [5.74, 6) is 0. The number of aromatic nitrogens is 2. The highest BCUT2D eigenvalue weighted by atomic mass is 35.5. The van der Waals surface area contributed by atoms with Crippen molar-refractivity contribution in [3.05, 3.63) is 64.4 Å². The number of hydrogen-bond donors (Lipinski definition) is 2. The Morgan fingerprint density at radius 3 is 2.78 bits per heavy atom. The molecule has 3 aromatic rings. The zero-order valence-corrected chi connectivity index (χ0v) is 13.8. The standard InChI is InChI=1S/C16H14Cl2N4O/c1-10(12-7-6-11(17)8-13(12)18)20-16(23)21-22-9-19-14-4-2-3-5-15(14)22/h2-10H,1H3,(H2,20,21,23). The lowest BCUT2D eigenvalue weighted by Gasteiger charge is -2.17. The van der Waals surface area contributed by atoms with Crippen LogP contribution in [0.4, 0.5) is 4.79 Å². The number of amides is 2.